The summed E-state index contributed by atoms with van der Waals surface area (Å²) in [5.41, 5.74) is 0. The van der Waals surface area contributed by atoms with Crippen LogP contribution >= 0.6 is 0 Å². The summed E-state index contributed by atoms with van der Waals surface area (Å²) in [5.74, 6) is -3.23. The van der Waals surface area contributed by atoms with Crippen molar-refractivity contribution in [2.75, 3.05) is 0 Å². The van der Waals surface area contributed by atoms with Gasteiger partial charge in [0, 0.05) is 6.92 Å². The Balaban J connectivity index is 2.93. The van der Waals surface area contributed by atoms with Crippen molar-refractivity contribution in [2.45, 2.75) is 13.1 Å². The number of rotatable bonds is 1. The molecule has 0 radical (unpaired) electrons. The highest BCUT2D eigenvalue weighted by Gasteiger charge is 2.42. The Labute approximate surface area is 64.4 Å². The lowest BCUT2D eigenvalue weighted by Crippen LogP contribution is -2.22. The number of aryl methyl sites for hydroxylation is 1. The lowest BCUT2D eigenvalue weighted by molar-refractivity contribution is -0.0903. The maximum absolute atomic E-state index is 11.7. The highest BCUT2D eigenvalue weighted by molar-refractivity contribution is 5.96. The lowest BCUT2D eigenvalue weighted by atomic mass is 10.4. The number of hydrogen-bond acceptors (Lipinski definition) is 4. The quantitative estimate of drug-likeness (QED) is 0.607. The summed E-state index contributed by atoms with van der Waals surface area (Å²) in [7, 11) is 0. The molecule has 0 N–H and O–H groups in total. The minimum Gasteiger partial charge on any atom is -0.418 e. The molecule has 0 aliphatic carbocycles. The second kappa shape index (κ2) is 2.58. The second-order valence-electron chi connectivity index (χ2n) is 1.95. The molecular formula is C5H3F3N2O2. The molecular weight excluding hydrogens is 177 g/mol. The Hall–Kier alpha value is -1.40. The molecule has 0 aliphatic heterocycles. The average molecular weight is 180 g/mol. The summed E-state index contributed by atoms with van der Waals surface area (Å²) in [4.78, 5) is 10.4. The van der Waals surface area contributed by atoms with Crippen molar-refractivity contribution in [3.8, 4) is 0 Å². The zero-order valence-corrected chi connectivity index (χ0v) is 5.84. The Morgan fingerprint density at radius 3 is 2.33 bits per heavy atom. The third-order valence-corrected chi connectivity index (χ3v) is 0.978. The van der Waals surface area contributed by atoms with Gasteiger partial charge in [0.1, 0.15) is 0 Å². The van der Waals surface area contributed by atoms with Crippen molar-refractivity contribution in [1.29, 1.82) is 0 Å². The summed E-state index contributed by atoms with van der Waals surface area (Å²) >= 11 is 0. The fraction of sp³-hybridized carbons (Fsp3) is 0.400. The number of ketones is 1. The first-order valence-electron chi connectivity index (χ1n) is 2.83. The van der Waals surface area contributed by atoms with E-state index < -0.39 is 17.9 Å². The lowest BCUT2D eigenvalue weighted by Gasteiger charge is -1.98. The van der Waals surface area contributed by atoms with Gasteiger partial charge in [-0.05, 0) is 0 Å². The summed E-state index contributed by atoms with van der Waals surface area (Å²) in [5, 5.41) is 6.01. The largest absolute Gasteiger partial charge is 0.460 e. The van der Waals surface area contributed by atoms with E-state index in [2.05, 4.69) is 14.6 Å². The van der Waals surface area contributed by atoms with E-state index in [9.17, 15) is 18.0 Å². The number of carbonyl (C=O) groups excluding carboxylic acids is 1. The Bertz CT molecular complexity index is 304. The first-order valence-corrected chi connectivity index (χ1v) is 2.83. The third-order valence-electron chi connectivity index (χ3n) is 0.978. The van der Waals surface area contributed by atoms with Crippen LogP contribution in [0.4, 0.5) is 13.2 Å². The van der Waals surface area contributed by atoms with Gasteiger partial charge in [-0.3, -0.25) is 4.79 Å². The molecule has 1 aromatic heterocycles. The Morgan fingerprint density at radius 2 is 2.00 bits per heavy atom. The Kier molecular flexibility index (Phi) is 1.87. The minimum absolute atomic E-state index is 0.0809. The van der Waals surface area contributed by atoms with Crippen LogP contribution in [0, 0.1) is 6.92 Å². The molecule has 0 fully saturated rings. The molecule has 0 aromatic carbocycles. The predicted octanol–water partition coefficient (Wildman–Crippen LogP) is 1.12. The van der Waals surface area contributed by atoms with Gasteiger partial charge in [0.25, 0.3) is 5.89 Å². The molecule has 0 bridgehead atoms. The van der Waals surface area contributed by atoms with Gasteiger partial charge in [0.2, 0.25) is 5.89 Å². The van der Waals surface area contributed by atoms with E-state index >= 15 is 0 Å². The molecule has 1 heterocycles. The number of alkyl halides is 3. The second-order valence-corrected chi connectivity index (χ2v) is 1.95. The highest BCUT2D eigenvalue weighted by atomic mass is 19.4. The fourth-order valence-electron chi connectivity index (χ4n) is 0.510. The SMILES string of the molecule is Cc1nnc(C(=O)C(F)(F)F)o1. The highest BCUT2D eigenvalue weighted by Crippen LogP contribution is 2.20. The number of aromatic nitrogens is 2. The van der Waals surface area contributed by atoms with Crippen LogP contribution in [0.3, 0.4) is 0 Å². The molecule has 0 saturated heterocycles. The maximum atomic E-state index is 11.7. The van der Waals surface area contributed by atoms with Gasteiger partial charge in [0.15, 0.2) is 0 Å². The third kappa shape index (κ3) is 1.60. The average Bonchev–Trinajstić information content (AvgIpc) is 2.32. The predicted molar refractivity (Wildman–Crippen MR) is 29.4 cm³/mol. The van der Waals surface area contributed by atoms with Crippen LogP contribution in [0.5, 0.6) is 0 Å². The zero-order valence-electron chi connectivity index (χ0n) is 5.84. The van der Waals surface area contributed by atoms with E-state index in [1.807, 2.05) is 0 Å². The standard InChI is InChI=1S/C5H3F3N2O2/c1-2-9-10-4(12-2)3(11)5(6,7)8/h1H3. The molecule has 1 aromatic rings. The molecule has 0 amide bonds. The van der Waals surface area contributed by atoms with Gasteiger partial charge in [-0.15, -0.1) is 10.2 Å². The molecule has 0 aliphatic rings. The molecule has 1 rings (SSSR count). The minimum atomic E-state index is -4.96. The van der Waals surface area contributed by atoms with Crippen molar-refractivity contribution >= 4 is 5.78 Å². The van der Waals surface area contributed by atoms with Crippen LogP contribution in [0.2, 0.25) is 0 Å². The Morgan fingerprint density at radius 1 is 1.42 bits per heavy atom. The maximum Gasteiger partial charge on any atom is 0.460 e. The van der Waals surface area contributed by atoms with Gasteiger partial charge < -0.3 is 4.42 Å². The molecule has 4 nitrogen and oxygen atoms in total. The smallest absolute Gasteiger partial charge is 0.418 e. The van der Waals surface area contributed by atoms with Gasteiger partial charge in [0.05, 0.1) is 0 Å². The van der Waals surface area contributed by atoms with E-state index in [0.29, 0.717) is 0 Å². The topological polar surface area (TPSA) is 56.0 Å². The normalized spacial score (nSPS) is 11.7. The van der Waals surface area contributed by atoms with Crippen LogP contribution in [0.25, 0.3) is 0 Å². The van der Waals surface area contributed by atoms with Gasteiger partial charge in [-0.2, -0.15) is 13.2 Å². The molecule has 0 saturated carbocycles. The van der Waals surface area contributed by atoms with Crippen molar-refractivity contribution in [3.63, 3.8) is 0 Å². The van der Waals surface area contributed by atoms with Crippen LogP contribution in [0.1, 0.15) is 16.6 Å². The van der Waals surface area contributed by atoms with Crippen LogP contribution in [0.15, 0.2) is 4.42 Å². The monoisotopic (exact) mass is 180 g/mol. The number of halogens is 3. The first-order chi connectivity index (χ1) is 5.41. The number of Topliss-reactive ketones (excluding diaryl/α,β-unsaturated/α-hetero) is 1. The summed E-state index contributed by atoms with van der Waals surface area (Å²) in [6, 6.07) is 0. The van der Waals surface area contributed by atoms with Gasteiger partial charge in [-0.25, -0.2) is 0 Å². The zero-order chi connectivity index (χ0) is 9.35. The van der Waals surface area contributed by atoms with E-state index in [1.165, 1.54) is 6.92 Å². The van der Waals surface area contributed by atoms with E-state index in [4.69, 9.17) is 0 Å². The van der Waals surface area contributed by atoms with Crippen molar-refractivity contribution in [2.24, 2.45) is 0 Å². The fourth-order valence-corrected chi connectivity index (χ4v) is 0.510. The first kappa shape index (κ1) is 8.69. The van der Waals surface area contributed by atoms with Gasteiger partial charge in [-0.1, -0.05) is 0 Å². The molecule has 0 unspecified atom stereocenters. The summed E-state index contributed by atoms with van der Waals surface area (Å²) in [6.07, 6.45) is -4.96. The summed E-state index contributed by atoms with van der Waals surface area (Å²) < 4.78 is 39.3. The van der Waals surface area contributed by atoms with E-state index in [1.54, 1.807) is 0 Å². The number of hydrogen-bond donors (Lipinski definition) is 0. The van der Waals surface area contributed by atoms with E-state index in [-0.39, 0.29) is 5.89 Å². The van der Waals surface area contributed by atoms with Crippen LogP contribution in [-0.2, 0) is 0 Å². The van der Waals surface area contributed by atoms with Crippen LogP contribution < -0.4 is 0 Å². The van der Waals surface area contributed by atoms with Crippen LogP contribution in [-0.4, -0.2) is 22.2 Å². The molecule has 0 atom stereocenters. The van der Waals surface area contributed by atoms with Crippen molar-refractivity contribution < 1.29 is 22.4 Å². The molecule has 12 heavy (non-hydrogen) atoms. The van der Waals surface area contributed by atoms with Gasteiger partial charge >= 0.3 is 12.0 Å². The molecule has 66 valence electrons. The number of nitrogens with zero attached hydrogens (tertiary/aromatic N) is 2. The summed E-state index contributed by atoms with van der Waals surface area (Å²) in [6.45, 7) is 1.29. The van der Waals surface area contributed by atoms with Crippen molar-refractivity contribution in [1.82, 2.24) is 10.2 Å². The number of carbonyl (C=O) groups is 1. The molecule has 0 spiro atoms. The van der Waals surface area contributed by atoms with Crippen molar-refractivity contribution in [3.05, 3.63) is 11.8 Å². The molecule has 7 heteroatoms. The van der Waals surface area contributed by atoms with E-state index in [0.717, 1.165) is 0 Å².